The predicted molar refractivity (Wildman–Crippen MR) is 46.8 cm³/mol. The molecule has 0 fully saturated rings. The molecule has 0 aromatic carbocycles. The SMILES string of the molecule is CC(=O)NC(C)CCI. The van der Waals surface area contributed by atoms with Crippen molar-refractivity contribution >= 4 is 28.5 Å². The molecule has 0 heterocycles. The Kier molecular flexibility index (Phi) is 5.13. The van der Waals surface area contributed by atoms with Crippen LogP contribution in [0.25, 0.3) is 0 Å². The van der Waals surface area contributed by atoms with Gasteiger partial charge in [0, 0.05) is 17.4 Å². The maximum absolute atomic E-state index is 10.4. The monoisotopic (exact) mass is 241 g/mol. The van der Waals surface area contributed by atoms with Gasteiger partial charge in [0.1, 0.15) is 0 Å². The Hall–Kier alpha value is 0.200. The van der Waals surface area contributed by atoms with Crippen molar-refractivity contribution in [1.29, 1.82) is 0 Å². The van der Waals surface area contributed by atoms with Crippen molar-refractivity contribution < 1.29 is 4.79 Å². The summed E-state index contributed by atoms with van der Waals surface area (Å²) in [6.45, 7) is 3.56. The maximum Gasteiger partial charge on any atom is 0.217 e. The van der Waals surface area contributed by atoms with Gasteiger partial charge < -0.3 is 5.32 Å². The third kappa shape index (κ3) is 6.08. The zero-order valence-corrected chi connectivity index (χ0v) is 7.94. The highest BCUT2D eigenvalue weighted by Gasteiger charge is 1.99. The largest absolute Gasteiger partial charge is 0.354 e. The number of carbonyl (C=O) groups excluding carboxylic acids is 1. The van der Waals surface area contributed by atoms with Crippen molar-refractivity contribution in [2.45, 2.75) is 26.3 Å². The number of rotatable bonds is 3. The Morgan fingerprint density at radius 3 is 2.67 bits per heavy atom. The molecule has 0 aliphatic carbocycles. The molecule has 0 aliphatic rings. The fourth-order valence-corrected chi connectivity index (χ4v) is 1.52. The fourth-order valence-electron chi connectivity index (χ4n) is 0.583. The van der Waals surface area contributed by atoms with Gasteiger partial charge in [-0.3, -0.25) is 4.79 Å². The van der Waals surface area contributed by atoms with E-state index in [9.17, 15) is 4.79 Å². The average molecular weight is 241 g/mol. The number of nitrogens with one attached hydrogen (secondary N) is 1. The predicted octanol–water partition coefficient (Wildman–Crippen LogP) is 1.34. The molecule has 54 valence electrons. The van der Waals surface area contributed by atoms with E-state index in [1.54, 1.807) is 6.92 Å². The van der Waals surface area contributed by atoms with Crippen LogP contribution in [-0.4, -0.2) is 16.4 Å². The number of hydrogen-bond acceptors (Lipinski definition) is 1. The molecule has 0 aliphatic heterocycles. The van der Waals surface area contributed by atoms with E-state index in [0.29, 0.717) is 6.04 Å². The van der Waals surface area contributed by atoms with Gasteiger partial charge in [-0.15, -0.1) is 0 Å². The molecule has 0 saturated heterocycles. The molecule has 0 aromatic rings. The van der Waals surface area contributed by atoms with E-state index in [4.69, 9.17) is 0 Å². The van der Waals surface area contributed by atoms with E-state index < -0.39 is 0 Å². The number of carbonyl (C=O) groups is 1. The molecule has 0 rings (SSSR count). The van der Waals surface area contributed by atoms with Crippen LogP contribution in [0.5, 0.6) is 0 Å². The van der Waals surface area contributed by atoms with Gasteiger partial charge in [-0.05, 0) is 13.3 Å². The molecule has 1 amide bonds. The molecule has 0 bridgehead atoms. The van der Waals surface area contributed by atoms with Crippen LogP contribution in [0.15, 0.2) is 0 Å². The lowest BCUT2D eigenvalue weighted by Gasteiger charge is -2.08. The third-order valence-electron chi connectivity index (χ3n) is 0.992. The fraction of sp³-hybridized carbons (Fsp3) is 0.833. The molecule has 9 heavy (non-hydrogen) atoms. The summed E-state index contributed by atoms with van der Waals surface area (Å²) < 4.78 is 1.10. The zero-order chi connectivity index (χ0) is 7.28. The van der Waals surface area contributed by atoms with Crippen molar-refractivity contribution in [3.63, 3.8) is 0 Å². The van der Waals surface area contributed by atoms with E-state index in [-0.39, 0.29) is 5.91 Å². The second-order valence-corrected chi connectivity index (χ2v) is 3.16. The molecule has 2 nitrogen and oxygen atoms in total. The van der Waals surface area contributed by atoms with Crippen molar-refractivity contribution in [2.75, 3.05) is 4.43 Å². The normalized spacial score (nSPS) is 12.8. The molecule has 1 atom stereocenters. The first-order valence-electron chi connectivity index (χ1n) is 3.00. The smallest absolute Gasteiger partial charge is 0.217 e. The summed E-state index contributed by atoms with van der Waals surface area (Å²) in [4.78, 5) is 10.4. The number of hydrogen-bond donors (Lipinski definition) is 1. The Balaban J connectivity index is 3.26. The van der Waals surface area contributed by atoms with Gasteiger partial charge in [-0.1, -0.05) is 22.6 Å². The molecule has 1 N–H and O–H groups in total. The van der Waals surface area contributed by atoms with Crippen LogP contribution in [0.2, 0.25) is 0 Å². The summed E-state index contributed by atoms with van der Waals surface area (Å²) in [5.74, 6) is 0.0624. The maximum atomic E-state index is 10.4. The highest BCUT2D eigenvalue weighted by atomic mass is 127. The van der Waals surface area contributed by atoms with E-state index >= 15 is 0 Å². The van der Waals surface area contributed by atoms with Crippen LogP contribution in [0.1, 0.15) is 20.3 Å². The van der Waals surface area contributed by atoms with Gasteiger partial charge in [0.15, 0.2) is 0 Å². The first kappa shape index (κ1) is 9.20. The second kappa shape index (κ2) is 5.02. The van der Waals surface area contributed by atoms with Gasteiger partial charge in [-0.2, -0.15) is 0 Å². The average Bonchev–Trinajstić information content (AvgIpc) is 1.63. The first-order valence-corrected chi connectivity index (χ1v) is 4.52. The third-order valence-corrected chi connectivity index (χ3v) is 1.61. The van der Waals surface area contributed by atoms with Crippen LogP contribution < -0.4 is 5.32 Å². The minimum atomic E-state index is 0.0624. The molecule has 0 radical (unpaired) electrons. The van der Waals surface area contributed by atoms with Gasteiger partial charge >= 0.3 is 0 Å². The van der Waals surface area contributed by atoms with E-state index in [1.165, 1.54) is 0 Å². The molecule has 3 heteroatoms. The topological polar surface area (TPSA) is 29.1 Å². The summed E-state index contributed by atoms with van der Waals surface area (Å²) in [5.41, 5.74) is 0. The van der Waals surface area contributed by atoms with Crippen LogP contribution in [0.4, 0.5) is 0 Å². The van der Waals surface area contributed by atoms with E-state index in [0.717, 1.165) is 10.8 Å². The first-order chi connectivity index (χ1) is 4.16. The van der Waals surface area contributed by atoms with Gasteiger partial charge in [0.05, 0.1) is 0 Å². The number of halogens is 1. The molecule has 0 saturated carbocycles. The van der Waals surface area contributed by atoms with Crippen LogP contribution in [0.3, 0.4) is 0 Å². The number of alkyl halides is 1. The van der Waals surface area contributed by atoms with Crippen molar-refractivity contribution in [2.24, 2.45) is 0 Å². The van der Waals surface area contributed by atoms with Gasteiger partial charge in [0.2, 0.25) is 5.91 Å². The lowest BCUT2D eigenvalue weighted by molar-refractivity contribution is -0.119. The standard InChI is InChI=1S/C6H12INO/c1-5(3-4-7)8-6(2)9/h5H,3-4H2,1-2H3,(H,8,9). The minimum absolute atomic E-state index is 0.0624. The molecular formula is C6H12INO. The van der Waals surface area contributed by atoms with Crippen molar-refractivity contribution in [1.82, 2.24) is 5.32 Å². The Labute approximate surface area is 69.5 Å². The van der Waals surface area contributed by atoms with Gasteiger partial charge in [0.25, 0.3) is 0 Å². The van der Waals surface area contributed by atoms with Crippen LogP contribution in [-0.2, 0) is 4.79 Å². The molecule has 0 aromatic heterocycles. The highest BCUT2D eigenvalue weighted by Crippen LogP contribution is 1.94. The summed E-state index contributed by atoms with van der Waals surface area (Å²) >= 11 is 2.30. The minimum Gasteiger partial charge on any atom is -0.354 e. The van der Waals surface area contributed by atoms with E-state index in [2.05, 4.69) is 27.9 Å². The van der Waals surface area contributed by atoms with Crippen LogP contribution in [0, 0.1) is 0 Å². The van der Waals surface area contributed by atoms with Crippen LogP contribution >= 0.6 is 22.6 Å². The van der Waals surface area contributed by atoms with Crippen molar-refractivity contribution in [3.05, 3.63) is 0 Å². The summed E-state index contributed by atoms with van der Waals surface area (Å²) in [6, 6.07) is 0.333. The quantitative estimate of drug-likeness (QED) is 0.586. The molecule has 1 unspecified atom stereocenters. The number of amides is 1. The van der Waals surface area contributed by atoms with Crippen molar-refractivity contribution in [3.8, 4) is 0 Å². The summed E-state index contributed by atoms with van der Waals surface area (Å²) in [6.07, 6.45) is 1.06. The lowest BCUT2D eigenvalue weighted by atomic mass is 10.3. The lowest BCUT2D eigenvalue weighted by Crippen LogP contribution is -2.30. The highest BCUT2D eigenvalue weighted by molar-refractivity contribution is 14.1. The molecular weight excluding hydrogens is 229 g/mol. The summed E-state index contributed by atoms with van der Waals surface area (Å²) in [5, 5.41) is 2.80. The summed E-state index contributed by atoms with van der Waals surface area (Å²) in [7, 11) is 0. The second-order valence-electron chi connectivity index (χ2n) is 2.08. The Morgan fingerprint density at radius 2 is 2.33 bits per heavy atom. The van der Waals surface area contributed by atoms with E-state index in [1.807, 2.05) is 6.92 Å². The zero-order valence-electron chi connectivity index (χ0n) is 5.78. The Bertz CT molecular complexity index is 95.1. The van der Waals surface area contributed by atoms with Gasteiger partial charge in [-0.25, -0.2) is 0 Å². The Morgan fingerprint density at radius 1 is 1.78 bits per heavy atom. The molecule has 0 spiro atoms.